The molecule has 13 heteroatoms. The highest BCUT2D eigenvalue weighted by molar-refractivity contribution is 7.47. The number of allylic oxidation sites excluding steroid dienone is 8. The Morgan fingerprint density at radius 1 is 0.839 bits per heavy atom. The molecule has 0 aliphatic heterocycles. The van der Waals surface area contributed by atoms with Crippen LogP contribution < -0.4 is 5.73 Å². The fourth-order valence-electron chi connectivity index (χ4n) is 6.17. The summed E-state index contributed by atoms with van der Waals surface area (Å²) in [5.41, 5.74) is 5.33. The number of hydrogen-bond acceptors (Lipinski definition) is 11. The van der Waals surface area contributed by atoms with Crippen LogP contribution in [0.2, 0.25) is 0 Å². The van der Waals surface area contributed by atoms with E-state index in [0.717, 1.165) is 70.6 Å². The van der Waals surface area contributed by atoms with Gasteiger partial charge in [0.05, 0.1) is 25.4 Å². The molecule has 0 heterocycles. The highest BCUT2D eigenvalue weighted by atomic mass is 31.2. The van der Waals surface area contributed by atoms with Gasteiger partial charge >= 0.3 is 19.8 Å². The highest BCUT2D eigenvalue weighted by Gasteiger charge is 2.39. The minimum atomic E-state index is -4.46. The molecule has 1 unspecified atom stereocenters. The van der Waals surface area contributed by atoms with Crippen molar-refractivity contribution in [3.8, 4) is 0 Å². The van der Waals surface area contributed by atoms with Crippen LogP contribution in [0.15, 0.2) is 60.8 Å². The Morgan fingerprint density at radius 3 is 2.16 bits per heavy atom. The molecule has 56 heavy (non-hydrogen) atoms. The Balaban J connectivity index is 2.44. The van der Waals surface area contributed by atoms with Crippen molar-refractivity contribution in [3.63, 3.8) is 0 Å². The summed E-state index contributed by atoms with van der Waals surface area (Å²) in [5.74, 6) is -1.61. The SMILES string of the molecule is CC/C=C\C/C=C\C/C=C\C/C=C\CCCCC(=O)OC[C@H](COP(=O)(O)OCCN)OC(=O)CCCCCC[C@H]1C(=O)C[C@@H](O)[C@@H]1/C=C/[C@@H](O)CCCCC. The van der Waals surface area contributed by atoms with Crippen molar-refractivity contribution in [1.29, 1.82) is 0 Å². The number of Topliss-reactive ketones (excluding diaryl/α,β-unsaturated/α-hetero) is 1. The lowest BCUT2D eigenvalue weighted by atomic mass is 9.88. The Hall–Kier alpha value is -2.70. The van der Waals surface area contributed by atoms with E-state index < -0.39 is 44.7 Å². The molecule has 0 saturated heterocycles. The largest absolute Gasteiger partial charge is 0.472 e. The Morgan fingerprint density at radius 2 is 1.48 bits per heavy atom. The van der Waals surface area contributed by atoms with Gasteiger partial charge in [0.1, 0.15) is 12.4 Å². The third-order valence-electron chi connectivity index (χ3n) is 9.28. The molecule has 1 aliphatic rings. The van der Waals surface area contributed by atoms with E-state index in [1.807, 2.05) is 0 Å². The number of aliphatic hydroxyl groups excluding tert-OH is 2. The van der Waals surface area contributed by atoms with Crippen molar-refractivity contribution in [2.75, 3.05) is 26.4 Å². The maximum absolute atomic E-state index is 12.7. The minimum Gasteiger partial charge on any atom is -0.462 e. The average molecular weight is 810 g/mol. The molecular weight excluding hydrogens is 737 g/mol. The number of rotatable bonds is 34. The lowest BCUT2D eigenvalue weighted by Crippen LogP contribution is -2.29. The number of ether oxygens (including phenoxy) is 2. The summed E-state index contributed by atoms with van der Waals surface area (Å²) in [5, 5.41) is 20.7. The number of unbranched alkanes of at least 4 members (excludes halogenated alkanes) is 7. The number of phosphoric ester groups is 1. The molecule has 0 radical (unpaired) electrons. The molecule has 0 aromatic heterocycles. The number of phosphoric acid groups is 1. The van der Waals surface area contributed by atoms with E-state index in [2.05, 4.69) is 62.5 Å². The Bertz CT molecular complexity index is 1260. The molecule has 0 amide bonds. The molecule has 5 N–H and O–H groups in total. The van der Waals surface area contributed by atoms with Crippen molar-refractivity contribution in [2.24, 2.45) is 17.6 Å². The smallest absolute Gasteiger partial charge is 0.462 e. The summed E-state index contributed by atoms with van der Waals surface area (Å²) in [6.45, 7) is 3.16. The summed E-state index contributed by atoms with van der Waals surface area (Å²) in [6.07, 6.45) is 31.6. The molecule has 320 valence electrons. The van der Waals surface area contributed by atoms with Gasteiger partial charge < -0.3 is 30.3 Å². The normalized spacial score (nSPS) is 19.9. The van der Waals surface area contributed by atoms with Crippen LogP contribution in [0.3, 0.4) is 0 Å². The second kappa shape index (κ2) is 33.3. The van der Waals surface area contributed by atoms with Crippen LogP contribution in [0.4, 0.5) is 0 Å². The number of carbonyl (C=O) groups excluding carboxylic acids is 3. The van der Waals surface area contributed by atoms with E-state index in [1.54, 1.807) is 12.2 Å². The second-order valence-corrected chi connectivity index (χ2v) is 15.7. The fraction of sp³-hybridized carbons (Fsp3) is 0.698. The lowest BCUT2D eigenvalue weighted by molar-refractivity contribution is -0.161. The van der Waals surface area contributed by atoms with Gasteiger partial charge in [-0.3, -0.25) is 23.4 Å². The maximum atomic E-state index is 12.7. The van der Waals surface area contributed by atoms with E-state index in [1.165, 1.54) is 0 Å². The molecule has 0 spiro atoms. The van der Waals surface area contributed by atoms with Gasteiger partial charge in [0.25, 0.3) is 0 Å². The molecule has 1 saturated carbocycles. The van der Waals surface area contributed by atoms with E-state index in [4.69, 9.17) is 24.3 Å². The van der Waals surface area contributed by atoms with Crippen molar-refractivity contribution < 1.29 is 52.6 Å². The van der Waals surface area contributed by atoms with Gasteiger partial charge in [-0.25, -0.2) is 4.57 Å². The highest BCUT2D eigenvalue weighted by Crippen LogP contribution is 2.43. The average Bonchev–Trinajstić information content (AvgIpc) is 3.44. The monoisotopic (exact) mass is 809 g/mol. The number of aliphatic hydroxyl groups is 2. The predicted molar refractivity (Wildman–Crippen MR) is 220 cm³/mol. The van der Waals surface area contributed by atoms with Crippen molar-refractivity contribution in [1.82, 2.24) is 0 Å². The standard InChI is InChI=1S/C43H72NO11P/c1-3-5-7-8-9-10-11-12-13-14-15-16-17-18-23-27-42(48)52-34-37(35-54-56(50,51)53-32-31-44)55-43(49)28-24-20-19-22-26-38-39(41(47)33-40(38)46)30-29-36(45)25-21-6-4-2/h5,7,9-10,12-13,15-16,29-30,36-39,41,45,47H,3-4,6,8,11,14,17-28,31-35,44H2,1-2H3,(H,50,51)/b7-5-,10-9-,13-12-,16-15-,30-29+/t36-,37+,38+,39+,41+/m0/s1. The van der Waals surface area contributed by atoms with Crippen molar-refractivity contribution in [2.45, 2.75) is 154 Å². The van der Waals surface area contributed by atoms with E-state index >= 15 is 0 Å². The van der Waals surface area contributed by atoms with Crippen LogP contribution in [-0.4, -0.2) is 77.5 Å². The molecule has 1 aliphatic carbocycles. The summed E-state index contributed by atoms with van der Waals surface area (Å²) in [7, 11) is -4.46. The second-order valence-electron chi connectivity index (χ2n) is 14.3. The first-order chi connectivity index (χ1) is 27.0. The van der Waals surface area contributed by atoms with Gasteiger partial charge in [0.15, 0.2) is 6.10 Å². The molecule has 0 aromatic carbocycles. The van der Waals surface area contributed by atoms with Crippen molar-refractivity contribution in [3.05, 3.63) is 60.8 Å². The summed E-state index contributed by atoms with van der Waals surface area (Å²) >= 11 is 0. The van der Waals surface area contributed by atoms with Crippen LogP contribution in [0, 0.1) is 11.8 Å². The van der Waals surface area contributed by atoms with E-state index in [-0.39, 0.29) is 56.6 Å². The predicted octanol–water partition coefficient (Wildman–Crippen LogP) is 8.30. The first-order valence-electron chi connectivity index (χ1n) is 20.9. The van der Waals surface area contributed by atoms with Crippen LogP contribution in [0.25, 0.3) is 0 Å². The van der Waals surface area contributed by atoms with Crippen LogP contribution in [0.5, 0.6) is 0 Å². The maximum Gasteiger partial charge on any atom is 0.472 e. The molecule has 0 aromatic rings. The summed E-state index contributed by atoms with van der Waals surface area (Å²) < 4.78 is 32.7. The van der Waals surface area contributed by atoms with Gasteiger partial charge in [0, 0.05) is 37.6 Å². The van der Waals surface area contributed by atoms with Gasteiger partial charge in [-0.1, -0.05) is 113 Å². The van der Waals surface area contributed by atoms with Gasteiger partial charge in [0.2, 0.25) is 0 Å². The van der Waals surface area contributed by atoms with Gasteiger partial charge in [-0.05, 0) is 64.2 Å². The fourth-order valence-corrected chi connectivity index (χ4v) is 6.93. The topological polar surface area (TPSA) is 192 Å². The van der Waals surface area contributed by atoms with Gasteiger partial charge in [-0.15, -0.1) is 0 Å². The summed E-state index contributed by atoms with van der Waals surface area (Å²) in [4.78, 5) is 47.6. The van der Waals surface area contributed by atoms with Gasteiger partial charge in [-0.2, -0.15) is 0 Å². The zero-order valence-electron chi connectivity index (χ0n) is 34.1. The first kappa shape index (κ1) is 51.3. The first-order valence-corrected chi connectivity index (χ1v) is 22.4. The Kier molecular flexibility index (Phi) is 30.5. The molecule has 0 bridgehead atoms. The third kappa shape index (κ3) is 27.0. The Labute approximate surface area is 336 Å². The summed E-state index contributed by atoms with van der Waals surface area (Å²) in [6, 6.07) is 0. The molecule has 12 nitrogen and oxygen atoms in total. The number of carbonyl (C=O) groups is 3. The number of ketones is 1. The quantitative estimate of drug-likeness (QED) is 0.0211. The zero-order chi connectivity index (χ0) is 41.3. The lowest BCUT2D eigenvalue weighted by Gasteiger charge is -2.20. The zero-order valence-corrected chi connectivity index (χ0v) is 35.0. The van der Waals surface area contributed by atoms with Crippen LogP contribution in [-0.2, 0) is 37.5 Å². The number of hydrogen-bond donors (Lipinski definition) is 4. The molecular formula is C43H72NO11P. The molecule has 6 atom stereocenters. The van der Waals surface area contributed by atoms with E-state index in [9.17, 15) is 34.1 Å². The number of nitrogens with two attached hydrogens (primary N) is 1. The number of esters is 2. The van der Waals surface area contributed by atoms with Crippen LogP contribution >= 0.6 is 7.82 Å². The van der Waals surface area contributed by atoms with Crippen molar-refractivity contribution >= 4 is 25.5 Å². The van der Waals surface area contributed by atoms with E-state index in [0.29, 0.717) is 32.1 Å². The minimum absolute atomic E-state index is 0.00605. The molecule has 1 fully saturated rings. The van der Waals surface area contributed by atoms with Crippen LogP contribution in [0.1, 0.15) is 136 Å². The molecule has 1 rings (SSSR count). The third-order valence-corrected chi connectivity index (χ3v) is 10.3.